The van der Waals surface area contributed by atoms with E-state index in [-0.39, 0.29) is 17.7 Å². The van der Waals surface area contributed by atoms with Crippen LogP contribution in [0.1, 0.15) is 26.2 Å². The molecular formula is C7H11NO2. The van der Waals surface area contributed by atoms with Crippen LogP contribution in [0.15, 0.2) is 0 Å². The Labute approximate surface area is 59.8 Å². The van der Waals surface area contributed by atoms with Crippen LogP contribution < -0.4 is 5.32 Å². The van der Waals surface area contributed by atoms with Gasteiger partial charge in [0.2, 0.25) is 11.8 Å². The van der Waals surface area contributed by atoms with Gasteiger partial charge in [-0.25, -0.2) is 0 Å². The van der Waals surface area contributed by atoms with Crippen LogP contribution in [0.25, 0.3) is 0 Å². The van der Waals surface area contributed by atoms with Crippen molar-refractivity contribution in [2.75, 3.05) is 0 Å². The van der Waals surface area contributed by atoms with E-state index < -0.39 is 0 Å². The van der Waals surface area contributed by atoms with Crippen molar-refractivity contribution in [3.05, 3.63) is 0 Å². The Hall–Kier alpha value is -0.860. The lowest BCUT2D eigenvalue weighted by molar-refractivity contribution is -0.133. The number of hydrogen-bond acceptors (Lipinski definition) is 2. The maximum absolute atomic E-state index is 10.9. The molecule has 56 valence electrons. The predicted molar refractivity (Wildman–Crippen MR) is 36.2 cm³/mol. The first-order chi connectivity index (χ1) is 4.70. The summed E-state index contributed by atoms with van der Waals surface area (Å²) in [4.78, 5) is 21.3. The molecule has 10 heavy (non-hydrogen) atoms. The molecule has 0 atom stereocenters. The molecule has 3 nitrogen and oxygen atoms in total. The van der Waals surface area contributed by atoms with Crippen molar-refractivity contribution in [3.8, 4) is 0 Å². The second-order valence-corrected chi connectivity index (χ2v) is 2.67. The monoisotopic (exact) mass is 141 g/mol. The van der Waals surface area contributed by atoms with E-state index in [1.54, 1.807) is 0 Å². The third-order valence-corrected chi connectivity index (χ3v) is 1.78. The summed E-state index contributed by atoms with van der Waals surface area (Å²) in [5, 5.41) is 2.27. The number of nitrogens with one attached hydrogen (secondary N) is 1. The van der Waals surface area contributed by atoms with Gasteiger partial charge in [-0.2, -0.15) is 0 Å². The Bertz CT molecular complexity index is 161. The lowest BCUT2D eigenvalue weighted by Gasteiger charge is -2.23. The highest BCUT2D eigenvalue weighted by Crippen LogP contribution is 2.25. The van der Waals surface area contributed by atoms with Crippen molar-refractivity contribution in [1.29, 1.82) is 0 Å². The number of carbonyl (C=O) groups excluding carboxylic acids is 2. The van der Waals surface area contributed by atoms with E-state index in [2.05, 4.69) is 5.32 Å². The summed E-state index contributed by atoms with van der Waals surface area (Å²) in [6.07, 6.45) is 3.01. The molecule has 0 aliphatic heterocycles. The van der Waals surface area contributed by atoms with Gasteiger partial charge in [-0.05, 0) is 12.8 Å². The fourth-order valence-electron chi connectivity index (χ4n) is 0.946. The van der Waals surface area contributed by atoms with Gasteiger partial charge in [-0.3, -0.25) is 14.9 Å². The first kappa shape index (κ1) is 7.25. The third-order valence-electron chi connectivity index (χ3n) is 1.78. The maximum Gasteiger partial charge on any atom is 0.229 e. The summed E-state index contributed by atoms with van der Waals surface area (Å²) in [7, 11) is 0. The van der Waals surface area contributed by atoms with Crippen molar-refractivity contribution < 1.29 is 9.59 Å². The summed E-state index contributed by atoms with van der Waals surface area (Å²) in [6, 6.07) is 0. The summed E-state index contributed by atoms with van der Waals surface area (Å²) >= 11 is 0. The lowest BCUT2D eigenvalue weighted by atomic mass is 9.85. The largest absolute Gasteiger partial charge is 0.296 e. The smallest absolute Gasteiger partial charge is 0.229 e. The fraction of sp³-hybridized carbons (Fsp3) is 0.714. The molecule has 0 unspecified atom stereocenters. The highest BCUT2D eigenvalue weighted by atomic mass is 16.2. The van der Waals surface area contributed by atoms with Crippen LogP contribution in [-0.2, 0) is 9.59 Å². The molecule has 1 fully saturated rings. The summed E-state index contributed by atoms with van der Waals surface area (Å²) < 4.78 is 0. The number of hydrogen-bond donors (Lipinski definition) is 1. The molecule has 0 bridgehead atoms. The summed E-state index contributed by atoms with van der Waals surface area (Å²) in [6.45, 7) is 1.36. The molecular weight excluding hydrogens is 130 g/mol. The lowest BCUT2D eigenvalue weighted by Crippen LogP contribution is -2.36. The van der Waals surface area contributed by atoms with Gasteiger partial charge in [0.05, 0.1) is 0 Å². The van der Waals surface area contributed by atoms with Crippen molar-refractivity contribution in [1.82, 2.24) is 5.32 Å². The first-order valence-electron chi connectivity index (χ1n) is 3.51. The topological polar surface area (TPSA) is 46.2 Å². The van der Waals surface area contributed by atoms with E-state index in [4.69, 9.17) is 0 Å². The molecule has 0 spiro atoms. The van der Waals surface area contributed by atoms with Crippen LogP contribution in [-0.4, -0.2) is 11.8 Å². The molecule has 0 aromatic rings. The highest BCUT2D eigenvalue weighted by Gasteiger charge is 2.25. The normalized spacial score (nSPS) is 17.7. The van der Waals surface area contributed by atoms with Crippen LogP contribution in [0.4, 0.5) is 0 Å². The molecule has 0 heterocycles. The van der Waals surface area contributed by atoms with Crippen molar-refractivity contribution in [2.24, 2.45) is 5.92 Å². The van der Waals surface area contributed by atoms with Gasteiger partial charge in [0, 0.05) is 12.8 Å². The zero-order valence-electron chi connectivity index (χ0n) is 6.02. The van der Waals surface area contributed by atoms with Crippen LogP contribution in [0.2, 0.25) is 0 Å². The number of amides is 2. The summed E-state index contributed by atoms with van der Waals surface area (Å²) in [5.41, 5.74) is 0. The van der Waals surface area contributed by atoms with Gasteiger partial charge >= 0.3 is 0 Å². The Balaban J connectivity index is 2.27. The van der Waals surface area contributed by atoms with Crippen LogP contribution in [0, 0.1) is 5.92 Å². The summed E-state index contributed by atoms with van der Waals surface area (Å²) in [5.74, 6) is -0.237. The van der Waals surface area contributed by atoms with Crippen molar-refractivity contribution in [3.63, 3.8) is 0 Å². The van der Waals surface area contributed by atoms with E-state index in [0.717, 1.165) is 19.3 Å². The van der Waals surface area contributed by atoms with Gasteiger partial charge in [0.25, 0.3) is 0 Å². The molecule has 0 radical (unpaired) electrons. The Morgan fingerprint density at radius 3 is 2.30 bits per heavy atom. The second kappa shape index (κ2) is 2.82. The minimum absolute atomic E-state index is 0.0984. The van der Waals surface area contributed by atoms with E-state index in [1.807, 2.05) is 0 Å². The number of rotatable bonds is 1. The van der Waals surface area contributed by atoms with Crippen LogP contribution in [0.3, 0.4) is 0 Å². The van der Waals surface area contributed by atoms with Crippen LogP contribution in [0.5, 0.6) is 0 Å². The first-order valence-corrected chi connectivity index (χ1v) is 3.51. The zero-order chi connectivity index (χ0) is 7.56. The van der Waals surface area contributed by atoms with Gasteiger partial charge in [-0.1, -0.05) is 6.42 Å². The van der Waals surface area contributed by atoms with E-state index in [9.17, 15) is 9.59 Å². The molecule has 2 amide bonds. The van der Waals surface area contributed by atoms with Crippen LogP contribution >= 0.6 is 0 Å². The van der Waals surface area contributed by atoms with E-state index in [0.29, 0.717) is 0 Å². The molecule has 1 saturated carbocycles. The van der Waals surface area contributed by atoms with Gasteiger partial charge in [0.1, 0.15) is 0 Å². The molecule has 1 aliphatic rings. The Kier molecular flexibility index (Phi) is 2.04. The Morgan fingerprint density at radius 1 is 1.40 bits per heavy atom. The standard InChI is InChI=1S/C7H11NO2/c1-5(9)8-7(10)6-3-2-4-6/h6H,2-4H2,1H3,(H,8,9,10). The highest BCUT2D eigenvalue weighted by molar-refractivity contribution is 5.95. The van der Waals surface area contributed by atoms with Gasteiger partial charge in [0.15, 0.2) is 0 Å². The quantitative estimate of drug-likeness (QED) is 0.576. The predicted octanol–water partition coefficient (Wildman–Crippen LogP) is 0.449. The van der Waals surface area contributed by atoms with Gasteiger partial charge in [-0.15, -0.1) is 0 Å². The average molecular weight is 141 g/mol. The van der Waals surface area contributed by atoms with Crippen molar-refractivity contribution in [2.45, 2.75) is 26.2 Å². The Morgan fingerprint density at radius 2 is 2.00 bits per heavy atom. The fourth-order valence-corrected chi connectivity index (χ4v) is 0.946. The second-order valence-electron chi connectivity index (χ2n) is 2.67. The van der Waals surface area contributed by atoms with E-state index >= 15 is 0 Å². The number of imide groups is 1. The average Bonchev–Trinajstić information content (AvgIpc) is 1.55. The van der Waals surface area contributed by atoms with Gasteiger partial charge < -0.3 is 0 Å². The van der Waals surface area contributed by atoms with Crippen molar-refractivity contribution >= 4 is 11.8 Å². The molecule has 1 aliphatic carbocycles. The SMILES string of the molecule is CC(=O)NC(=O)C1CCC1. The maximum atomic E-state index is 10.9. The third kappa shape index (κ3) is 1.56. The van der Waals surface area contributed by atoms with E-state index in [1.165, 1.54) is 6.92 Å². The zero-order valence-corrected chi connectivity index (χ0v) is 6.02. The molecule has 0 aromatic carbocycles. The molecule has 1 rings (SSSR count). The molecule has 3 heteroatoms. The molecule has 0 aromatic heterocycles. The minimum Gasteiger partial charge on any atom is -0.296 e. The minimum atomic E-state index is -0.253. The molecule has 0 saturated heterocycles. The number of carbonyl (C=O) groups is 2. The molecule has 1 N–H and O–H groups in total.